The zero-order valence-electron chi connectivity index (χ0n) is 11.5. The summed E-state index contributed by atoms with van der Waals surface area (Å²) in [5.74, 6) is 0.685. The van der Waals surface area contributed by atoms with Crippen molar-refractivity contribution < 1.29 is 17.6 Å². The average Bonchev–Trinajstić information content (AvgIpc) is 2.39. The molecule has 0 amide bonds. The van der Waals surface area contributed by atoms with Crippen LogP contribution in [0, 0.1) is 0 Å². The topological polar surface area (TPSA) is 46.3 Å². The van der Waals surface area contributed by atoms with Gasteiger partial charge in [-0.05, 0) is 24.0 Å². The molecule has 112 valence electrons. The Morgan fingerprint density at radius 3 is 2.76 bits per heavy atom. The van der Waals surface area contributed by atoms with Gasteiger partial charge in [0.2, 0.25) is 5.71 Å². The number of nitrogens with zero attached hydrogens (tertiary/aromatic N) is 2. The van der Waals surface area contributed by atoms with Gasteiger partial charge in [0.05, 0.1) is 10.9 Å². The van der Waals surface area contributed by atoms with Gasteiger partial charge in [-0.2, -0.15) is 18.2 Å². The molecule has 0 saturated carbocycles. The SMILES string of the molecule is CC1CCN(C)c2nc3oc(=O)cc(C(F)(F)F)c3cc21. The van der Waals surface area contributed by atoms with Crippen molar-refractivity contribution in [3.63, 3.8) is 0 Å². The van der Waals surface area contributed by atoms with Crippen molar-refractivity contribution in [2.45, 2.75) is 25.4 Å². The van der Waals surface area contributed by atoms with E-state index in [0.29, 0.717) is 11.9 Å². The zero-order valence-corrected chi connectivity index (χ0v) is 11.5. The first-order chi connectivity index (χ1) is 9.77. The summed E-state index contributed by atoms with van der Waals surface area (Å²) < 4.78 is 44.1. The van der Waals surface area contributed by atoms with Crippen LogP contribution in [0.5, 0.6) is 0 Å². The quantitative estimate of drug-likeness (QED) is 0.749. The number of anilines is 1. The van der Waals surface area contributed by atoms with Gasteiger partial charge in [-0.25, -0.2) is 4.79 Å². The highest BCUT2D eigenvalue weighted by Crippen LogP contribution is 2.39. The number of aromatic nitrogens is 1. The Morgan fingerprint density at radius 2 is 2.10 bits per heavy atom. The second-order valence-corrected chi connectivity index (χ2v) is 5.34. The van der Waals surface area contributed by atoms with E-state index in [9.17, 15) is 18.0 Å². The molecule has 0 aromatic carbocycles. The molecular weight excluding hydrogens is 285 g/mol. The fraction of sp³-hybridized carbons (Fsp3) is 0.429. The maximum Gasteiger partial charge on any atom is 0.417 e. The van der Waals surface area contributed by atoms with Crippen LogP contribution in [0.15, 0.2) is 21.3 Å². The Labute approximate surface area is 118 Å². The lowest BCUT2D eigenvalue weighted by molar-refractivity contribution is -0.136. The van der Waals surface area contributed by atoms with Crippen molar-refractivity contribution in [2.75, 3.05) is 18.5 Å². The molecule has 21 heavy (non-hydrogen) atoms. The third-order valence-electron chi connectivity index (χ3n) is 3.84. The monoisotopic (exact) mass is 298 g/mol. The summed E-state index contributed by atoms with van der Waals surface area (Å²) in [4.78, 5) is 17.3. The van der Waals surface area contributed by atoms with Crippen molar-refractivity contribution in [2.24, 2.45) is 0 Å². The number of halogens is 3. The molecule has 0 bridgehead atoms. The first-order valence-electron chi connectivity index (χ1n) is 6.54. The molecule has 0 radical (unpaired) electrons. The second-order valence-electron chi connectivity index (χ2n) is 5.34. The molecule has 1 atom stereocenters. The van der Waals surface area contributed by atoms with E-state index in [0.717, 1.165) is 18.5 Å². The highest BCUT2D eigenvalue weighted by Gasteiger charge is 2.35. The Bertz CT molecular complexity index is 767. The van der Waals surface area contributed by atoms with Gasteiger partial charge in [0.15, 0.2) is 0 Å². The smallest absolute Gasteiger partial charge is 0.404 e. The van der Waals surface area contributed by atoms with Crippen molar-refractivity contribution in [1.82, 2.24) is 4.98 Å². The summed E-state index contributed by atoms with van der Waals surface area (Å²) in [5.41, 5.74) is -1.57. The molecule has 0 saturated heterocycles. The van der Waals surface area contributed by atoms with Crippen LogP contribution in [0.25, 0.3) is 11.1 Å². The van der Waals surface area contributed by atoms with Gasteiger partial charge in [-0.15, -0.1) is 0 Å². The van der Waals surface area contributed by atoms with Gasteiger partial charge in [-0.3, -0.25) is 0 Å². The number of pyridine rings is 1. The molecule has 1 aliphatic heterocycles. The standard InChI is InChI=1S/C14H13F3N2O2/c1-7-3-4-19(2)12-8(7)5-9-10(14(15,16)17)6-11(20)21-13(9)18-12/h5-7H,3-4H2,1-2H3. The summed E-state index contributed by atoms with van der Waals surface area (Å²) in [6.07, 6.45) is -3.78. The van der Waals surface area contributed by atoms with E-state index in [1.165, 1.54) is 6.07 Å². The second kappa shape index (κ2) is 4.47. The lowest BCUT2D eigenvalue weighted by Gasteiger charge is -2.30. The summed E-state index contributed by atoms with van der Waals surface area (Å²) >= 11 is 0. The molecule has 0 spiro atoms. The van der Waals surface area contributed by atoms with Gasteiger partial charge < -0.3 is 9.32 Å². The molecule has 0 N–H and O–H groups in total. The van der Waals surface area contributed by atoms with E-state index in [1.54, 1.807) is 0 Å². The van der Waals surface area contributed by atoms with Gasteiger partial charge in [-0.1, -0.05) is 6.92 Å². The van der Waals surface area contributed by atoms with Crippen LogP contribution in [0.1, 0.15) is 30.4 Å². The van der Waals surface area contributed by atoms with Crippen molar-refractivity contribution >= 4 is 16.9 Å². The van der Waals surface area contributed by atoms with Crippen molar-refractivity contribution in [3.05, 3.63) is 33.7 Å². The molecule has 7 heteroatoms. The normalized spacial score (nSPS) is 18.9. The minimum Gasteiger partial charge on any atom is -0.404 e. The van der Waals surface area contributed by atoms with Crippen molar-refractivity contribution in [3.8, 4) is 0 Å². The van der Waals surface area contributed by atoms with Crippen LogP contribution in [0.4, 0.5) is 19.0 Å². The van der Waals surface area contributed by atoms with Crippen LogP contribution in [0.2, 0.25) is 0 Å². The molecule has 2 aromatic rings. The van der Waals surface area contributed by atoms with Gasteiger partial charge >= 0.3 is 11.8 Å². The Balaban J connectivity index is 2.37. The fourth-order valence-corrected chi connectivity index (χ4v) is 2.65. The summed E-state index contributed by atoms with van der Waals surface area (Å²) in [7, 11) is 1.81. The summed E-state index contributed by atoms with van der Waals surface area (Å²) in [6.45, 7) is 2.71. The number of fused-ring (bicyclic) bond motifs is 2. The van der Waals surface area contributed by atoms with Gasteiger partial charge in [0.1, 0.15) is 5.82 Å². The third-order valence-corrected chi connectivity index (χ3v) is 3.84. The first kappa shape index (κ1) is 13.9. The first-order valence-corrected chi connectivity index (χ1v) is 6.54. The lowest BCUT2D eigenvalue weighted by Crippen LogP contribution is -2.27. The Kier molecular flexibility index (Phi) is 2.96. The molecule has 3 rings (SSSR count). The predicted molar refractivity (Wildman–Crippen MR) is 71.6 cm³/mol. The number of hydrogen-bond donors (Lipinski definition) is 0. The van der Waals surface area contributed by atoms with E-state index in [-0.39, 0.29) is 17.0 Å². The molecule has 0 aliphatic carbocycles. The van der Waals surface area contributed by atoms with E-state index >= 15 is 0 Å². The largest absolute Gasteiger partial charge is 0.417 e. The van der Waals surface area contributed by atoms with Crippen LogP contribution < -0.4 is 10.5 Å². The molecule has 0 fully saturated rings. The fourth-order valence-electron chi connectivity index (χ4n) is 2.65. The number of hydrogen-bond acceptors (Lipinski definition) is 4. The highest BCUT2D eigenvalue weighted by molar-refractivity contribution is 5.81. The van der Waals surface area contributed by atoms with Gasteiger partial charge in [0, 0.05) is 19.7 Å². The molecular formula is C14H13F3N2O2. The number of alkyl halides is 3. The predicted octanol–water partition coefficient (Wildman–Crippen LogP) is 3.15. The lowest BCUT2D eigenvalue weighted by atomic mass is 9.93. The number of rotatable bonds is 0. The molecule has 1 unspecified atom stereocenters. The maximum absolute atomic E-state index is 13.1. The van der Waals surface area contributed by atoms with Crippen LogP contribution in [-0.2, 0) is 6.18 Å². The van der Waals surface area contributed by atoms with E-state index in [2.05, 4.69) is 4.98 Å². The van der Waals surface area contributed by atoms with Gasteiger partial charge in [0.25, 0.3) is 0 Å². The van der Waals surface area contributed by atoms with E-state index in [1.807, 2.05) is 18.9 Å². The molecule has 4 nitrogen and oxygen atoms in total. The highest BCUT2D eigenvalue weighted by atomic mass is 19.4. The zero-order chi connectivity index (χ0) is 15.4. The van der Waals surface area contributed by atoms with E-state index < -0.39 is 17.4 Å². The average molecular weight is 298 g/mol. The molecule has 1 aliphatic rings. The van der Waals surface area contributed by atoms with Crippen LogP contribution in [-0.4, -0.2) is 18.6 Å². The summed E-state index contributed by atoms with van der Waals surface area (Å²) in [6, 6.07) is 1.93. The van der Waals surface area contributed by atoms with Crippen molar-refractivity contribution in [1.29, 1.82) is 0 Å². The van der Waals surface area contributed by atoms with E-state index in [4.69, 9.17) is 4.42 Å². The third kappa shape index (κ3) is 2.26. The minimum atomic E-state index is -4.62. The molecule has 2 aromatic heterocycles. The minimum absolute atomic E-state index is 0.112. The Morgan fingerprint density at radius 1 is 1.38 bits per heavy atom. The molecule has 3 heterocycles. The Hall–Kier alpha value is -2.05. The maximum atomic E-state index is 13.1. The summed E-state index contributed by atoms with van der Waals surface area (Å²) in [5, 5.41) is -0.164. The van der Waals surface area contributed by atoms with Crippen LogP contribution in [0.3, 0.4) is 0 Å². The van der Waals surface area contributed by atoms with Crippen LogP contribution >= 0.6 is 0 Å².